The molecule has 2 N–H and O–H groups in total. The number of rotatable bonds is 3. The van der Waals surface area contributed by atoms with Gasteiger partial charge in [-0.05, 0) is 36.4 Å². The van der Waals surface area contributed by atoms with E-state index in [9.17, 15) is 4.79 Å². The molecule has 4 rings (SSSR count). The van der Waals surface area contributed by atoms with Gasteiger partial charge in [0.1, 0.15) is 12.1 Å². The zero-order chi connectivity index (χ0) is 17.8. The van der Waals surface area contributed by atoms with Crippen LogP contribution in [0.3, 0.4) is 0 Å². The Morgan fingerprint density at radius 3 is 2.54 bits per heavy atom. The Kier molecular flexibility index (Phi) is 4.61. The summed E-state index contributed by atoms with van der Waals surface area (Å²) < 4.78 is 5.37. The van der Waals surface area contributed by atoms with Gasteiger partial charge < -0.3 is 15.0 Å². The lowest BCUT2D eigenvalue weighted by molar-refractivity contribution is 0.122. The number of ether oxygens (including phenoxy) is 1. The minimum absolute atomic E-state index is 0.340. The van der Waals surface area contributed by atoms with Crippen molar-refractivity contribution in [3.8, 4) is 0 Å². The van der Waals surface area contributed by atoms with Crippen LogP contribution in [0.1, 0.15) is 0 Å². The van der Waals surface area contributed by atoms with Gasteiger partial charge >= 0.3 is 6.03 Å². The van der Waals surface area contributed by atoms with Crippen LogP contribution in [0.2, 0.25) is 0 Å². The van der Waals surface area contributed by atoms with Gasteiger partial charge in [0.15, 0.2) is 0 Å². The highest BCUT2D eigenvalue weighted by atomic mass is 16.5. The highest BCUT2D eigenvalue weighted by molar-refractivity contribution is 6.04. The number of carbonyl (C=O) groups excluding carboxylic acids is 1. The molecule has 3 aromatic rings. The van der Waals surface area contributed by atoms with Gasteiger partial charge in [-0.15, -0.1) is 0 Å². The van der Waals surface area contributed by atoms with E-state index >= 15 is 0 Å². The molecule has 1 saturated heterocycles. The number of hydrogen-bond donors (Lipinski definition) is 2. The van der Waals surface area contributed by atoms with Crippen LogP contribution in [0, 0.1) is 0 Å². The highest BCUT2D eigenvalue weighted by Gasteiger charge is 2.12. The molecule has 0 radical (unpaired) electrons. The first kappa shape index (κ1) is 16.3. The summed E-state index contributed by atoms with van der Waals surface area (Å²) in [7, 11) is 0. The minimum Gasteiger partial charge on any atom is -0.378 e. The molecule has 1 aromatic heterocycles. The molecular formula is C19H19N5O2. The van der Waals surface area contributed by atoms with E-state index in [4.69, 9.17) is 4.74 Å². The number of carbonyl (C=O) groups is 1. The maximum atomic E-state index is 12.3. The van der Waals surface area contributed by atoms with Crippen molar-refractivity contribution >= 4 is 34.1 Å². The van der Waals surface area contributed by atoms with Crippen LogP contribution in [0.15, 0.2) is 54.9 Å². The van der Waals surface area contributed by atoms with Gasteiger partial charge in [-0.3, -0.25) is 5.32 Å². The summed E-state index contributed by atoms with van der Waals surface area (Å²) in [5.41, 5.74) is 2.63. The standard InChI is InChI=1S/C19H19N5O2/c25-19(23-18-16-3-1-2-4-17(16)20-13-21-18)22-14-5-7-15(8-6-14)24-9-11-26-12-10-24/h1-8,13H,9-12H2,(H2,20,21,22,23,25). The SMILES string of the molecule is O=C(Nc1ccc(N2CCOCC2)cc1)Nc1ncnc2ccccc12. The number of amides is 2. The van der Waals surface area contributed by atoms with Gasteiger partial charge in [0.05, 0.1) is 18.7 Å². The van der Waals surface area contributed by atoms with E-state index in [-0.39, 0.29) is 6.03 Å². The van der Waals surface area contributed by atoms with E-state index in [0.29, 0.717) is 5.82 Å². The largest absolute Gasteiger partial charge is 0.378 e. The summed E-state index contributed by atoms with van der Waals surface area (Å²) in [4.78, 5) is 22.9. The minimum atomic E-state index is -0.340. The third kappa shape index (κ3) is 3.57. The Bertz CT molecular complexity index is 902. The van der Waals surface area contributed by atoms with Crippen molar-refractivity contribution in [3.05, 3.63) is 54.9 Å². The summed E-state index contributed by atoms with van der Waals surface area (Å²) in [6.45, 7) is 3.26. The first-order valence-corrected chi connectivity index (χ1v) is 8.50. The van der Waals surface area contributed by atoms with E-state index in [0.717, 1.165) is 48.6 Å². The second-order valence-corrected chi connectivity index (χ2v) is 5.96. The third-order valence-corrected chi connectivity index (χ3v) is 4.28. The summed E-state index contributed by atoms with van der Waals surface area (Å²) >= 11 is 0. The fraction of sp³-hybridized carbons (Fsp3) is 0.211. The average molecular weight is 349 g/mol. The quantitative estimate of drug-likeness (QED) is 0.759. The number of urea groups is 1. The number of hydrogen-bond acceptors (Lipinski definition) is 5. The number of anilines is 3. The van der Waals surface area contributed by atoms with Crippen LogP contribution < -0.4 is 15.5 Å². The van der Waals surface area contributed by atoms with Crippen molar-refractivity contribution < 1.29 is 9.53 Å². The Labute approximate surface area is 151 Å². The maximum absolute atomic E-state index is 12.3. The summed E-state index contributed by atoms with van der Waals surface area (Å²) in [5.74, 6) is 0.484. The van der Waals surface area contributed by atoms with Crippen molar-refractivity contribution in [1.29, 1.82) is 0 Å². The molecule has 1 aliphatic rings. The van der Waals surface area contributed by atoms with Crippen molar-refractivity contribution in [3.63, 3.8) is 0 Å². The molecular weight excluding hydrogens is 330 g/mol. The van der Waals surface area contributed by atoms with E-state index in [2.05, 4.69) is 25.5 Å². The fourth-order valence-corrected chi connectivity index (χ4v) is 2.95. The molecule has 2 heterocycles. The van der Waals surface area contributed by atoms with E-state index < -0.39 is 0 Å². The fourth-order valence-electron chi connectivity index (χ4n) is 2.95. The molecule has 26 heavy (non-hydrogen) atoms. The Hall–Kier alpha value is -3.19. The molecule has 7 nitrogen and oxygen atoms in total. The van der Waals surface area contributed by atoms with Crippen LogP contribution in [-0.2, 0) is 4.74 Å². The zero-order valence-electron chi connectivity index (χ0n) is 14.2. The molecule has 1 fully saturated rings. The van der Waals surface area contributed by atoms with Crippen LogP contribution >= 0.6 is 0 Å². The molecule has 0 bridgehead atoms. The van der Waals surface area contributed by atoms with Gasteiger partial charge in [-0.1, -0.05) is 12.1 Å². The second kappa shape index (κ2) is 7.37. The zero-order valence-corrected chi connectivity index (χ0v) is 14.2. The van der Waals surface area contributed by atoms with Gasteiger partial charge in [-0.2, -0.15) is 0 Å². The number of nitrogens with one attached hydrogen (secondary N) is 2. The molecule has 2 aromatic carbocycles. The second-order valence-electron chi connectivity index (χ2n) is 5.96. The molecule has 0 spiro atoms. The first-order valence-electron chi connectivity index (χ1n) is 8.50. The lowest BCUT2D eigenvalue weighted by Gasteiger charge is -2.28. The smallest absolute Gasteiger partial charge is 0.324 e. The molecule has 1 aliphatic heterocycles. The van der Waals surface area contributed by atoms with Crippen molar-refractivity contribution in [2.24, 2.45) is 0 Å². The van der Waals surface area contributed by atoms with Gasteiger partial charge in [0.25, 0.3) is 0 Å². The van der Waals surface area contributed by atoms with E-state index in [1.54, 1.807) is 0 Å². The monoisotopic (exact) mass is 349 g/mol. The predicted octanol–water partition coefficient (Wildman–Crippen LogP) is 3.11. The normalized spacial score (nSPS) is 14.2. The lowest BCUT2D eigenvalue weighted by atomic mass is 10.2. The van der Waals surface area contributed by atoms with E-state index in [1.165, 1.54) is 6.33 Å². The molecule has 132 valence electrons. The summed E-state index contributed by atoms with van der Waals surface area (Å²) in [6, 6.07) is 15.0. The molecule has 7 heteroatoms. The topological polar surface area (TPSA) is 79.4 Å². The van der Waals surface area contributed by atoms with Crippen LogP contribution in [0.5, 0.6) is 0 Å². The van der Waals surface area contributed by atoms with Gasteiger partial charge in [0.2, 0.25) is 0 Å². The van der Waals surface area contributed by atoms with Gasteiger partial charge in [0, 0.05) is 29.9 Å². The molecule has 2 amide bonds. The number of benzene rings is 2. The highest BCUT2D eigenvalue weighted by Crippen LogP contribution is 2.21. The molecule has 0 aliphatic carbocycles. The van der Waals surface area contributed by atoms with Crippen LogP contribution in [0.4, 0.5) is 22.0 Å². The summed E-state index contributed by atoms with van der Waals surface area (Å²) in [6.07, 6.45) is 1.44. The third-order valence-electron chi connectivity index (χ3n) is 4.28. The number of fused-ring (bicyclic) bond motifs is 1. The number of para-hydroxylation sites is 1. The molecule has 0 atom stereocenters. The van der Waals surface area contributed by atoms with Crippen LogP contribution in [-0.4, -0.2) is 42.3 Å². The van der Waals surface area contributed by atoms with E-state index in [1.807, 2.05) is 48.5 Å². The Morgan fingerprint density at radius 2 is 1.73 bits per heavy atom. The van der Waals surface area contributed by atoms with Crippen molar-refractivity contribution in [2.75, 3.05) is 41.8 Å². The lowest BCUT2D eigenvalue weighted by Crippen LogP contribution is -2.36. The van der Waals surface area contributed by atoms with Crippen molar-refractivity contribution in [2.45, 2.75) is 0 Å². The van der Waals surface area contributed by atoms with Gasteiger partial charge in [-0.25, -0.2) is 14.8 Å². The number of aromatic nitrogens is 2. The Morgan fingerprint density at radius 1 is 0.962 bits per heavy atom. The average Bonchev–Trinajstić information content (AvgIpc) is 2.69. The predicted molar refractivity (Wildman–Crippen MR) is 102 cm³/mol. The molecule has 0 unspecified atom stereocenters. The Balaban J connectivity index is 1.43. The molecule has 0 saturated carbocycles. The number of morpholine rings is 1. The maximum Gasteiger partial charge on any atom is 0.324 e. The van der Waals surface area contributed by atoms with Crippen molar-refractivity contribution in [1.82, 2.24) is 9.97 Å². The first-order chi connectivity index (χ1) is 12.8. The van der Waals surface area contributed by atoms with Crippen LogP contribution in [0.25, 0.3) is 10.9 Å². The summed E-state index contributed by atoms with van der Waals surface area (Å²) in [5, 5.41) is 6.41. The number of nitrogens with zero attached hydrogens (tertiary/aromatic N) is 3.